The van der Waals surface area contributed by atoms with Gasteiger partial charge in [0, 0.05) is 31.8 Å². The van der Waals surface area contributed by atoms with Gasteiger partial charge in [-0.05, 0) is 0 Å². The molecular formula is C11H15N3O4. The highest BCUT2D eigenvalue weighted by molar-refractivity contribution is 5.78. The third-order valence-corrected chi connectivity index (χ3v) is 3.48. The molecule has 1 aromatic heterocycles. The molecule has 0 aliphatic carbocycles. The van der Waals surface area contributed by atoms with E-state index >= 15 is 0 Å². The first-order chi connectivity index (χ1) is 8.70. The van der Waals surface area contributed by atoms with E-state index in [0.29, 0.717) is 19.4 Å². The molecule has 18 heavy (non-hydrogen) atoms. The summed E-state index contributed by atoms with van der Waals surface area (Å²) in [6, 6.07) is -0.190. The lowest BCUT2D eigenvalue weighted by Crippen LogP contribution is -2.47. The van der Waals surface area contributed by atoms with Crippen LogP contribution in [0.25, 0.3) is 0 Å². The average Bonchev–Trinajstić information content (AvgIpc) is 2.96. The van der Waals surface area contributed by atoms with Crippen LogP contribution in [0.15, 0.2) is 12.4 Å². The highest BCUT2D eigenvalue weighted by atomic mass is 16.5. The van der Waals surface area contributed by atoms with Crippen LogP contribution < -0.4 is 0 Å². The van der Waals surface area contributed by atoms with E-state index in [-0.39, 0.29) is 12.6 Å². The molecule has 3 heterocycles. The average molecular weight is 253 g/mol. The SMILES string of the molecule is O=C1N([C@H]2C[C@H](O)[C@@H](CO)O2)CCc2nccn21. The molecule has 1 amide bonds. The second-order valence-electron chi connectivity index (χ2n) is 4.55. The number of hydrogen-bond donors (Lipinski definition) is 2. The summed E-state index contributed by atoms with van der Waals surface area (Å²) in [6.45, 7) is 0.279. The molecule has 0 unspecified atom stereocenters. The van der Waals surface area contributed by atoms with Crippen molar-refractivity contribution < 1.29 is 19.7 Å². The monoisotopic (exact) mass is 253 g/mol. The van der Waals surface area contributed by atoms with E-state index < -0.39 is 18.4 Å². The van der Waals surface area contributed by atoms with Crippen LogP contribution in [0.1, 0.15) is 12.2 Å². The van der Waals surface area contributed by atoms with E-state index in [1.807, 2.05) is 0 Å². The topological polar surface area (TPSA) is 87.8 Å². The Kier molecular flexibility index (Phi) is 2.81. The van der Waals surface area contributed by atoms with Gasteiger partial charge in [-0.25, -0.2) is 9.78 Å². The molecule has 3 atom stereocenters. The number of rotatable bonds is 2. The van der Waals surface area contributed by atoms with Gasteiger partial charge in [-0.15, -0.1) is 0 Å². The maximum atomic E-state index is 12.2. The smallest absolute Gasteiger partial charge is 0.331 e. The third kappa shape index (κ3) is 1.71. The van der Waals surface area contributed by atoms with Crippen molar-refractivity contribution in [2.45, 2.75) is 31.3 Å². The van der Waals surface area contributed by atoms with Crippen LogP contribution in [0.5, 0.6) is 0 Å². The maximum absolute atomic E-state index is 12.2. The van der Waals surface area contributed by atoms with Gasteiger partial charge in [0.2, 0.25) is 0 Å². The maximum Gasteiger partial charge on any atom is 0.331 e. The molecule has 1 aromatic rings. The number of imidazole rings is 1. The van der Waals surface area contributed by atoms with E-state index in [4.69, 9.17) is 9.84 Å². The summed E-state index contributed by atoms with van der Waals surface area (Å²) in [6.07, 6.45) is 2.42. The number of carbonyl (C=O) groups excluding carboxylic acids is 1. The lowest BCUT2D eigenvalue weighted by molar-refractivity contribution is -0.0653. The van der Waals surface area contributed by atoms with Crippen LogP contribution in [0.4, 0.5) is 4.79 Å². The number of nitrogens with zero attached hydrogens (tertiary/aromatic N) is 3. The van der Waals surface area contributed by atoms with E-state index in [0.717, 1.165) is 5.82 Å². The minimum atomic E-state index is -0.725. The van der Waals surface area contributed by atoms with Gasteiger partial charge in [0.15, 0.2) is 0 Å². The van der Waals surface area contributed by atoms with Crippen LogP contribution in [0, 0.1) is 0 Å². The summed E-state index contributed by atoms with van der Waals surface area (Å²) >= 11 is 0. The van der Waals surface area contributed by atoms with Crippen LogP contribution in [0.3, 0.4) is 0 Å². The Morgan fingerprint density at radius 1 is 1.56 bits per heavy atom. The van der Waals surface area contributed by atoms with Gasteiger partial charge < -0.3 is 14.9 Å². The molecule has 7 nitrogen and oxygen atoms in total. The first-order valence-electron chi connectivity index (χ1n) is 5.98. The Balaban J connectivity index is 1.77. The van der Waals surface area contributed by atoms with E-state index in [2.05, 4.69) is 4.98 Å². The summed E-state index contributed by atoms with van der Waals surface area (Å²) < 4.78 is 6.99. The van der Waals surface area contributed by atoms with Crippen molar-refractivity contribution in [3.63, 3.8) is 0 Å². The highest BCUT2D eigenvalue weighted by Crippen LogP contribution is 2.25. The van der Waals surface area contributed by atoms with Crippen molar-refractivity contribution >= 4 is 6.03 Å². The highest BCUT2D eigenvalue weighted by Gasteiger charge is 2.40. The van der Waals surface area contributed by atoms with Crippen molar-refractivity contribution in [3.8, 4) is 0 Å². The first kappa shape index (κ1) is 11.6. The summed E-state index contributed by atoms with van der Waals surface area (Å²) in [4.78, 5) is 17.9. The van der Waals surface area contributed by atoms with Gasteiger partial charge in [0.1, 0.15) is 18.2 Å². The number of aliphatic hydroxyl groups excluding tert-OH is 2. The Bertz CT molecular complexity index is 461. The molecule has 2 aliphatic rings. The van der Waals surface area contributed by atoms with Crippen LogP contribution >= 0.6 is 0 Å². The van der Waals surface area contributed by atoms with Gasteiger partial charge in [-0.2, -0.15) is 0 Å². The lowest BCUT2D eigenvalue weighted by Gasteiger charge is -2.32. The van der Waals surface area contributed by atoms with Crippen molar-refractivity contribution in [2.24, 2.45) is 0 Å². The van der Waals surface area contributed by atoms with E-state index in [1.54, 1.807) is 17.3 Å². The number of hydrogen-bond acceptors (Lipinski definition) is 5. The summed E-state index contributed by atoms with van der Waals surface area (Å²) in [5.74, 6) is 0.744. The van der Waals surface area contributed by atoms with Crippen LogP contribution in [0.2, 0.25) is 0 Å². The van der Waals surface area contributed by atoms with Crippen molar-refractivity contribution in [1.82, 2.24) is 14.5 Å². The zero-order valence-electron chi connectivity index (χ0n) is 9.77. The van der Waals surface area contributed by atoms with Gasteiger partial charge in [-0.3, -0.25) is 9.47 Å². The fraction of sp³-hybridized carbons (Fsp3) is 0.636. The minimum Gasteiger partial charge on any atom is -0.394 e. The van der Waals surface area contributed by atoms with E-state index in [1.165, 1.54) is 4.57 Å². The molecule has 98 valence electrons. The number of carbonyl (C=O) groups is 1. The zero-order valence-corrected chi connectivity index (χ0v) is 9.77. The molecule has 3 rings (SSSR count). The molecule has 7 heteroatoms. The molecule has 1 fully saturated rings. The van der Waals surface area contributed by atoms with Crippen molar-refractivity contribution in [3.05, 3.63) is 18.2 Å². The first-order valence-corrected chi connectivity index (χ1v) is 5.98. The summed E-state index contributed by atoms with van der Waals surface area (Å²) in [5.41, 5.74) is 0. The molecule has 0 radical (unpaired) electrons. The molecule has 2 N–H and O–H groups in total. The fourth-order valence-corrected chi connectivity index (χ4v) is 2.49. The zero-order chi connectivity index (χ0) is 12.7. The number of aromatic nitrogens is 2. The van der Waals surface area contributed by atoms with Gasteiger partial charge in [0.25, 0.3) is 0 Å². The second kappa shape index (κ2) is 4.34. The predicted molar refractivity (Wildman–Crippen MR) is 59.8 cm³/mol. The van der Waals surface area contributed by atoms with Gasteiger partial charge >= 0.3 is 6.03 Å². The van der Waals surface area contributed by atoms with Crippen molar-refractivity contribution in [2.75, 3.05) is 13.2 Å². The number of amides is 1. The largest absolute Gasteiger partial charge is 0.394 e. The minimum absolute atomic E-state index is 0.190. The third-order valence-electron chi connectivity index (χ3n) is 3.48. The second-order valence-corrected chi connectivity index (χ2v) is 4.55. The molecule has 2 aliphatic heterocycles. The summed E-state index contributed by atoms with van der Waals surface area (Å²) in [5, 5.41) is 18.7. The Morgan fingerprint density at radius 3 is 3.11 bits per heavy atom. The van der Waals surface area contributed by atoms with Crippen LogP contribution in [-0.2, 0) is 11.2 Å². The normalized spacial score (nSPS) is 31.8. The van der Waals surface area contributed by atoms with Gasteiger partial charge in [-0.1, -0.05) is 0 Å². The quantitative estimate of drug-likeness (QED) is 0.719. The Morgan fingerprint density at radius 2 is 2.39 bits per heavy atom. The number of fused-ring (bicyclic) bond motifs is 1. The Hall–Kier alpha value is -1.44. The van der Waals surface area contributed by atoms with Crippen LogP contribution in [-0.4, -0.2) is 62.3 Å². The molecular weight excluding hydrogens is 238 g/mol. The van der Waals surface area contributed by atoms with Crippen molar-refractivity contribution in [1.29, 1.82) is 0 Å². The summed E-state index contributed by atoms with van der Waals surface area (Å²) in [7, 11) is 0. The van der Waals surface area contributed by atoms with Gasteiger partial charge in [0.05, 0.1) is 12.7 Å². The lowest BCUT2D eigenvalue weighted by atomic mass is 10.2. The molecule has 0 spiro atoms. The molecule has 0 bridgehead atoms. The Labute approximate surface area is 104 Å². The predicted octanol–water partition coefficient (Wildman–Crippen LogP) is -0.823. The molecule has 1 saturated heterocycles. The van der Waals surface area contributed by atoms with E-state index in [9.17, 15) is 9.90 Å². The molecule has 0 saturated carbocycles. The number of aliphatic hydroxyl groups is 2. The fourth-order valence-electron chi connectivity index (χ4n) is 2.49. The standard InChI is InChI=1S/C11H15N3O4/c15-6-8-7(16)5-10(18-8)14-3-1-9-12-2-4-13(9)11(14)17/h2,4,7-8,10,15-16H,1,3,5-6H2/t7-,8+,10+/m0/s1. The number of ether oxygens (including phenoxy) is 1. The molecule has 0 aromatic carbocycles.